The summed E-state index contributed by atoms with van der Waals surface area (Å²) in [5, 5.41) is 14.2. The molecular weight excluding hydrogens is 314 g/mol. The van der Waals surface area contributed by atoms with Gasteiger partial charge in [0.1, 0.15) is 12.4 Å². The lowest BCUT2D eigenvalue weighted by Gasteiger charge is -2.10. The first-order valence-corrected chi connectivity index (χ1v) is 8.19. The van der Waals surface area contributed by atoms with E-state index in [-0.39, 0.29) is 6.04 Å². The largest absolute Gasteiger partial charge is 0.489 e. The van der Waals surface area contributed by atoms with Gasteiger partial charge in [-0.2, -0.15) is 10.1 Å². The molecule has 128 valence electrons. The Labute approximate surface area is 147 Å². The maximum absolute atomic E-state index is 5.78. The lowest BCUT2D eigenvalue weighted by atomic mass is 10.2. The van der Waals surface area contributed by atoms with Crippen LogP contribution in [0.1, 0.15) is 19.4 Å². The Bertz CT molecular complexity index is 790. The van der Waals surface area contributed by atoms with Gasteiger partial charge in [-0.1, -0.05) is 30.3 Å². The van der Waals surface area contributed by atoms with Crippen molar-refractivity contribution in [1.29, 1.82) is 0 Å². The van der Waals surface area contributed by atoms with Gasteiger partial charge in [0.15, 0.2) is 5.82 Å². The summed E-state index contributed by atoms with van der Waals surface area (Å²) in [6.07, 6.45) is 1.59. The van der Waals surface area contributed by atoms with Crippen LogP contribution < -0.4 is 15.4 Å². The lowest BCUT2D eigenvalue weighted by Crippen LogP contribution is -2.13. The van der Waals surface area contributed by atoms with E-state index in [4.69, 9.17) is 4.74 Å². The summed E-state index contributed by atoms with van der Waals surface area (Å²) in [4.78, 5) is 4.38. The van der Waals surface area contributed by atoms with Crippen LogP contribution in [0.3, 0.4) is 0 Å². The van der Waals surface area contributed by atoms with Crippen molar-refractivity contribution in [3.63, 3.8) is 0 Å². The SMILES string of the molecule is CC(C)Nc1nncc(Nc2ccc(OCc3ccccc3)cc2)n1. The quantitative estimate of drug-likeness (QED) is 0.679. The van der Waals surface area contributed by atoms with Gasteiger partial charge < -0.3 is 15.4 Å². The third-order valence-corrected chi connectivity index (χ3v) is 3.35. The summed E-state index contributed by atoms with van der Waals surface area (Å²) in [5.74, 6) is 1.95. The molecule has 0 bridgehead atoms. The first-order chi connectivity index (χ1) is 12.2. The van der Waals surface area contributed by atoms with Crippen molar-refractivity contribution in [1.82, 2.24) is 15.2 Å². The minimum Gasteiger partial charge on any atom is -0.489 e. The maximum Gasteiger partial charge on any atom is 0.244 e. The Kier molecular flexibility index (Phi) is 5.41. The molecule has 0 radical (unpaired) electrons. The monoisotopic (exact) mass is 335 g/mol. The van der Waals surface area contributed by atoms with Gasteiger partial charge in [-0.15, -0.1) is 5.10 Å². The highest BCUT2D eigenvalue weighted by atomic mass is 16.5. The summed E-state index contributed by atoms with van der Waals surface area (Å²) in [6, 6.07) is 18.1. The van der Waals surface area contributed by atoms with Gasteiger partial charge in [0, 0.05) is 11.7 Å². The number of benzene rings is 2. The van der Waals surface area contributed by atoms with Gasteiger partial charge >= 0.3 is 0 Å². The molecule has 0 aliphatic heterocycles. The van der Waals surface area contributed by atoms with Gasteiger partial charge in [-0.05, 0) is 43.7 Å². The zero-order valence-corrected chi connectivity index (χ0v) is 14.3. The summed E-state index contributed by atoms with van der Waals surface area (Å²) in [5.41, 5.74) is 2.05. The molecule has 0 spiro atoms. The van der Waals surface area contributed by atoms with Crippen LogP contribution in [-0.4, -0.2) is 21.2 Å². The van der Waals surface area contributed by atoms with E-state index in [0.29, 0.717) is 18.4 Å². The molecule has 3 rings (SSSR count). The number of rotatable bonds is 7. The Morgan fingerprint density at radius 1 is 1.00 bits per heavy atom. The highest BCUT2D eigenvalue weighted by molar-refractivity contribution is 5.57. The number of aromatic nitrogens is 3. The van der Waals surface area contributed by atoms with Crippen molar-refractivity contribution in [3.05, 3.63) is 66.4 Å². The van der Waals surface area contributed by atoms with E-state index in [9.17, 15) is 0 Å². The molecule has 2 N–H and O–H groups in total. The van der Waals surface area contributed by atoms with E-state index in [2.05, 4.69) is 25.8 Å². The van der Waals surface area contributed by atoms with Crippen LogP contribution >= 0.6 is 0 Å². The van der Waals surface area contributed by atoms with Crippen LogP contribution in [0.5, 0.6) is 5.75 Å². The second kappa shape index (κ2) is 8.10. The Hall–Kier alpha value is -3.15. The van der Waals surface area contributed by atoms with Crippen LogP contribution in [-0.2, 0) is 6.61 Å². The third-order valence-electron chi connectivity index (χ3n) is 3.35. The summed E-state index contributed by atoms with van der Waals surface area (Å²) < 4.78 is 5.78. The molecule has 0 saturated carbocycles. The van der Waals surface area contributed by atoms with E-state index in [1.807, 2.05) is 68.4 Å². The molecule has 0 saturated heterocycles. The third kappa shape index (κ3) is 5.17. The Balaban J connectivity index is 1.59. The molecule has 0 unspecified atom stereocenters. The number of hydrogen-bond acceptors (Lipinski definition) is 6. The van der Waals surface area contributed by atoms with Gasteiger partial charge in [0.25, 0.3) is 0 Å². The van der Waals surface area contributed by atoms with Crippen molar-refractivity contribution in [2.24, 2.45) is 0 Å². The van der Waals surface area contributed by atoms with Crippen molar-refractivity contribution in [2.75, 3.05) is 10.6 Å². The molecule has 0 atom stereocenters. The molecule has 3 aromatic rings. The first-order valence-electron chi connectivity index (χ1n) is 8.19. The number of anilines is 3. The summed E-state index contributed by atoms with van der Waals surface area (Å²) >= 11 is 0. The Morgan fingerprint density at radius 2 is 1.76 bits per heavy atom. The van der Waals surface area contributed by atoms with Crippen LogP contribution in [0.25, 0.3) is 0 Å². The molecule has 2 aromatic carbocycles. The maximum atomic E-state index is 5.78. The fraction of sp³-hybridized carbons (Fsp3) is 0.211. The second-order valence-electron chi connectivity index (χ2n) is 5.89. The van der Waals surface area contributed by atoms with Crippen molar-refractivity contribution in [2.45, 2.75) is 26.5 Å². The zero-order valence-electron chi connectivity index (χ0n) is 14.3. The molecular formula is C19H21N5O. The lowest BCUT2D eigenvalue weighted by molar-refractivity contribution is 0.306. The fourth-order valence-corrected chi connectivity index (χ4v) is 2.21. The smallest absolute Gasteiger partial charge is 0.244 e. The molecule has 0 aliphatic rings. The molecule has 6 nitrogen and oxygen atoms in total. The molecule has 1 aromatic heterocycles. The van der Waals surface area contributed by atoms with Crippen molar-refractivity contribution >= 4 is 17.5 Å². The number of ether oxygens (including phenoxy) is 1. The highest BCUT2D eigenvalue weighted by Crippen LogP contribution is 2.20. The molecule has 25 heavy (non-hydrogen) atoms. The van der Waals surface area contributed by atoms with Crippen molar-refractivity contribution in [3.8, 4) is 5.75 Å². The van der Waals surface area contributed by atoms with E-state index < -0.39 is 0 Å². The van der Waals surface area contributed by atoms with Crippen LogP contribution in [0, 0.1) is 0 Å². The van der Waals surface area contributed by atoms with Gasteiger partial charge in [-0.25, -0.2) is 0 Å². The van der Waals surface area contributed by atoms with E-state index in [0.717, 1.165) is 17.0 Å². The number of hydrogen-bond donors (Lipinski definition) is 2. The molecule has 0 amide bonds. The minimum atomic E-state index is 0.248. The minimum absolute atomic E-state index is 0.248. The van der Waals surface area contributed by atoms with Gasteiger partial charge in [-0.3, -0.25) is 0 Å². The van der Waals surface area contributed by atoms with E-state index in [1.54, 1.807) is 6.20 Å². The predicted octanol–water partition coefficient (Wildman–Crippen LogP) is 4.01. The summed E-state index contributed by atoms with van der Waals surface area (Å²) in [6.45, 7) is 4.60. The summed E-state index contributed by atoms with van der Waals surface area (Å²) in [7, 11) is 0. The predicted molar refractivity (Wildman–Crippen MR) is 99.1 cm³/mol. The standard InChI is InChI=1S/C19H21N5O/c1-14(2)21-19-23-18(12-20-24-19)22-16-8-10-17(11-9-16)25-13-15-6-4-3-5-7-15/h3-12,14H,13H2,1-2H3,(H2,21,22,23,24). The van der Waals surface area contributed by atoms with Crippen LogP contribution in [0.2, 0.25) is 0 Å². The molecule has 0 aliphatic carbocycles. The zero-order chi connectivity index (χ0) is 17.5. The topological polar surface area (TPSA) is 72.0 Å². The Morgan fingerprint density at radius 3 is 2.48 bits per heavy atom. The van der Waals surface area contributed by atoms with E-state index >= 15 is 0 Å². The number of nitrogens with one attached hydrogen (secondary N) is 2. The molecule has 1 heterocycles. The fourth-order valence-electron chi connectivity index (χ4n) is 2.21. The van der Waals surface area contributed by atoms with Crippen LogP contribution in [0.15, 0.2) is 60.8 Å². The molecule has 0 fully saturated rings. The highest BCUT2D eigenvalue weighted by Gasteiger charge is 2.03. The van der Waals surface area contributed by atoms with Crippen LogP contribution in [0.4, 0.5) is 17.5 Å². The average Bonchev–Trinajstić information content (AvgIpc) is 2.62. The number of nitrogens with zero attached hydrogens (tertiary/aromatic N) is 3. The first kappa shape index (κ1) is 16.7. The normalized spacial score (nSPS) is 10.5. The van der Waals surface area contributed by atoms with E-state index in [1.165, 1.54) is 0 Å². The second-order valence-corrected chi connectivity index (χ2v) is 5.89. The van der Waals surface area contributed by atoms with Crippen molar-refractivity contribution < 1.29 is 4.74 Å². The average molecular weight is 335 g/mol. The van der Waals surface area contributed by atoms with Gasteiger partial charge in [0.05, 0.1) is 6.20 Å². The molecule has 6 heteroatoms. The van der Waals surface area contributed by atoms with Gasteiger partial charge in [0.2, 0.25) is 5.95 Å².